The Morgan fingerprint density at radius 1 is 1.10 bits per heavy atom. The maximum Gasteiger partial charge on any atom is 0.418 e. The van der Waals surface area contributed by atoms with E-state index in [2.05, 4.69) is 16.0 Å². The van der Waals surface area contributed by atoms with Gasteiger partial charge in [0.25, 0.3) is 5.91 Å². The van der Waals surface area contributed by atoms with Gasteiger partial charge in [-0.15, -0.1) is 11.8 Å². The molecular formula is C20H18F3N3O2S. The summed E-state index contributed by atoms with van der Waals surface area (Å²) in [4.78, 5) is 13.3. The number of thioether (sulfide) groups is 1. The van der Waals surface area contributed by atoms with Crippen LogP contribution < -0.4 is 10.9 Å². The van der Waals surface area contributed by atoms with Crippen LogP contribution in [-0.2, 0) is 11.9 Å². The molecule has 9 heteroatoms. The van der Waals surface area contributed by atoms with Crippen molar-refractivity contribution in [2.75, 3.05) is 5.43 Å². The number of halogens is 3. The second kappa shape index (κ2) is 8.60. The van der Waals surface area contributed by atoms with Gasteiger partial charge in [0.1, 0.15) is 5.76 Å². The van der Waals surface area contributed by atoms with E-state index >= 15 is 0 Å². The van der Waals surface area contributed by atoms with Crippen molar-refractivity contribution in [2.45, 2.75) is 30.7 Å². The number of hydrogen-bond acceptors (Lipinski definition) is 5. The Morgan fingerprint density at radius 2 is 1.79 bits per heavy atom. The van der Waals surface area contributed by atoms with E-state index in [1.54, 1.807) is 24.3 Å². The summed E-state index contributed by atoms with van der Waals surface area (Å²) in [7, 11) is 0. The molecule has 0 saturated carbocycles. The molecule has 5 nitrogen and oxygen atoms in total. The Bertz CT molecular complexity index is 999. The Balaban J connectivity index is 1.73. The van der Waals surface area contributed by atoms with Crippen molar-refractivity contribution < 1.29 is 22.5 Å². The fourth-order valence-electron chi connectivity index (χ4n) is 2.67. The van der Waals surface area contributed by atoms with Gasteiger partial charge in [0.2, 0.25) is 0 Å². The second-order valence-corrected chi connectivity index (χ2v) is 7.23. The number of benzene rings is 2. The first-order valence-corrected chi connectivity index (χ1v) is 9.62. The summed E-state index contributed by atoms with van der Waals surface area (Å²) in [5, 5.41) is 3.91. The molecule has 0 aliphatic heterocycles. The molecule has 1 amide bonds. The van der Waals surface area contributed by atoms with Crippen molar-refractivity contribution in [3.63, 3.8) is 0 Å². The Labute approximate surface area is 169 Å². The fraction of sp³-hybridized carbons (Fsp3) is 0.200. The molecule has 152 valence electrons. The molecule has 0 aliphatic rings. The molecule has 3 aromatic rings. The van der Waals surface area contributed by atoms with Crippen LogP contribution in [0.3, 0.4) is 0 Å². The number of aryl methyl sites for hydroxylation is 2. The fourth-order valence-corrected chi connectivity index (χ4v) is 3.87. The van der Waals surface area contributed by atoms with Crippen LogP contribution in [0.4, 0.5) is 18.9 Å². The minimum Gasteiger partial charge on any atom is -0.361 e. The van der Waals surface area contributed by atoms with Crippen molar-refractivity contribution in [3.05, 3.63) is 76.7 Å². The lowest BCUT2D eigenvalue weighted by Crippen LogP contribution is -2.30. The zero-order chi connectivity index (χ0) is 21.0. The minimum atomic E-state index is -4.53. The van der Waals surface area contributed by atoms with Crippen molar-refractivity contribution in [1.29, 1.82) is 0 Å². The van der Waals surface area contributed by atoms with Crippen molar-refractivity contribution in [2.24, 2.45) is 0 Å². The number of aromatic nitrogens is 1. The lowest BCUT2D eigenvalue weighted by Gasteiger charge is -2.15. The molecule has 2 aromatic carbocycles. The van der Waals surface area contributed by atoms with Gasteiger partial charge in [-0.05, 0) is 38.1 Å². The first-order chi connectivity index (χ1) is 13.8. The number of hydrazine groups is 1. The van der Waals surface area contributed by atoms with E-state index in [4.69, 9.17) is 4.52 Å². The van der Waals surface area contributed by atoms with Gasteiger partial charge in [0.05, 0.1) is 22.5 Å². The molecule has 2 N–H and O–H groups in total. The summed E-state index contributed by atoms with van der Waals surface area (Å²) in [6.45, 7) is 3.66. The topological polar surface area (TPSA) is 67.2 Å². The second-order valence-electron chi connectivity index (χ2n) is 6.21. The van der Waals surface area contributed by atoms with Crippen LogP contribution in [0, 0.1) is 13.8 Å². The molecule has 0 aliphatic carbocycles. The van der Waals surface area contributed by atoms with Crippen LogP contribution in [0.15, 0.2) is 57.9 Å². The van der Waals surface area contributed by atoms with Crippen LogP contribution in [0.1, 0.15) is 32.9 Å². The number of nitrogens with one attached hydrogen (secondary N) is 2. The zero-order valence-electron chi connectivity index (χ0n) is 15.6. The van der Waals surface area contributed by atoms with Crippen LogP contribution in [-0.4, -0.2) is 11.1 Å². The molecule has 0 fully saturated rings. The van der Waals surface area contributed by atoms with Crippen LogP contribution in [0.25, 0.3) is 0 Å². The van der Waals surface area contributed by atoms with Gasteiger partial charge in [-0.3, -0.25) is 15.6 Å². The number of carbonyl (C=O) groups is 1. The van der Waals surface area contributed by atoms with E-state index in [1.807, 2.05) is 13.8 Å². The predicted octanol–water partition coefficient (Wildman–Crippen LogP) is 5.36. The highest BCUT2D eigenvalue weighted by molar-refractivity contribution is 7.98. The zero-order valence-corrected chi connectivity index (χ0v) is 16.4. The highest BCUT2D eigenvalue weighted by Gasteiger charge is 2.33. The van der Waals surface area contributed by atoms with Crippen molar-refractivity contribution in [1.82, 2.24) is 10.6 Å². The van der Waals surface area contributed by atoms with Crippen molar-refractivity contribution >= 4 is 23.4 Å². The summed E-state index contributed by atoms with van der Waals surface area (Å²) in [5.41, 5.74) is 5.72. The van der Waals surface area contributed by atoms with Crippen LogP contribution >= 0.6 is 11.8 Å². The SMILES string of the molecule is Cc1noc(C)c1CSc1ccccc1C(=O)NNc1ccccc1C(F)(F)F. The monoisotopic (exact) mass is 421 g/mol. The van der Waals surface area contributed by atoms with E-state index < -0.39 is 17.6 Å². The third kappa shape index (κ3) is 4.92. The molecule has 0 spiro atoms. The van der Waals surface area contributed by atoms with Gasteiger partial charge in [-0.2, -0.15) is 13.2 Å². The maximum absolute atomic E-state index is 13.1. The van der Waals surface area contributed by atoms with Gasteiger partial charge in [0, 0.05) is 16.2 Å². The summed E-state index contributed by atoms with van der Waals surface area (Å²) in [6, 6.07) is 11.8. The predicted molar refractivity (Wildman–Crippen MR) is 105 cm³/mol. The molecule has 1 heterocycles. The number of amides is 1. The molecular weight excluding hydrogens is 403 g/mol. The molecule has 3 rings (SSSR count). The van der Waals surface area contributed by atoms with Gasteiger partial charge in [0.15, 0.2) is 0 Å². The number of nitrogens with zero attached hydrogens (tertiary/aromatic N) is 1. The molecule has 29 heavy (non-hydrogen) atoms. The van der Waals surface area contributed by atoms with E-state index in [1.165, 1.54) is 30.0 Å². The Kier molecular flexibility index (Phi) is 6.17. The number of alkyl halides is 3. The lowest BCUT2D eigenvalue weighted by molar-refractivity contribution is -0.137. The first kappa shape index (κ1) is 20.8. The minimum absolute atomic E-state index is 0.228. The Hall–Kier alpha value is -2.94. The average Bonchev–Trinajstić information content (AvgIpc) is 3.02. The normalized spacial score (nSPS) is 11.3. The lowest BCUT2D eigenvalue weighted by atomic mass is 10.2. The third-order valence-electron chi connectivity index (χ3n) is 4.23. The summed E-state index contributed by atoms with van der Waals surface area (Å²) in [6.07, 6.45) is -4.53. The van der Waals surface area contributed by atoms with E-state index in [-0.39, 0.29) is 5.69 Å². The molecule has 0 bridgehead atoms. The van der Waals surface area contributed by atoms with Gasteiger partial charge in [-0.1, -0.05) is 29.4 Å². The smallest absolute Gasteiger partial charge is 0.361 e. The number of hydrogen-bond donors (Lipinski definition) is 2. The quantitative estimate of drug-likeness (QED) is 0.414. The molecule has 1 aromatic heterocycles. The van der Waals surface area contributed by atoms with Gasteiger partial charge < -0.3 is 4.52 Å². The number of rotatable bonds is 6. The highest BCUT2D eigenvalue weighted by atomic mass is 32.2. The van der Waals surface area contributed by atoms with Crippen LogP contribution in [0.2, 0.25) is 0 Å². The van der Waals surface area contributed by atoms with Crippen molar-refractivity contribution in [3.8, 4) is 0 Å². The molecule has 0 saturated heterocycles. The maximum atomic E-state index is 13.1. The number of carbonyl (C=O) groups excluding carboxylic acids is 1. The van der Waals surface area contributed by atoms with Gasteiger partial charge in [-0.25, -0.2) is 0 Å². The summed E-state index contributed by atoms with van der Waals surface area (Å²) in [5.74, 6) is 0.724. The van der Waals surface area contributed by atoms with E-state index in [0.717, 1.165) is 17.3 Å². The number of para-hydroxylation sites is 1. The molecule has 0 unspecified atom stereocenters. The van der Waals surface area contributed by atoms with Gasteiger partial charge >= 0.3 is 6.18 Å². The van der Waals surface area contributed by atoms with Crippen LogP contribution in [0.5, 0.6) is 0 Å². The standard InChI is InChI=1S/C20H18F3N3O2S/c1-12-15(13(2)28-26-12)11-29-18-10-6-3-7-14(18)19(27)25-24-17-9-5-4-8-16(17)20(21,22)23/h3-10,24H,11H2,1-2H3,(H,25,27). The highest BCUT2D eigenvalue weighted by Crippen LogP contribution is 2.34. The average molecular weight is 421 g/mol. The summed E-state index contributed by atoms with van der Waals surface area (Å²) < 4.78 is 44.4. The Morgan fingerprint density at radius 3 is 2.48 bits per heavy atom. The molecule has 0 atom stereocenters. The largest absolute Gasteiger partial charge is 0.418 e. The summed E-state index contributed by atoms with van der Waals surface area (Å²) >= 11 is 1.42. The third-order valence-corrected chi connectivity index (χ3v) is 5.33. The number of anilines is 1. The molecule has 0 radical (unpaired) electrons. The van der Waals surface area contributed by atoms with E-state index in [9.17, 15) is 18.0 Å². The first-order valence-electron chi connectivity index (χ1n) is 8.63. The van der Waals surface area contributed by atoms with E-state index in [0.29, 0.717) is 22.0 Å².